The van der Waals surface area contributed by atoms with Crippen molar-refractivity contribution < 1.29 is 14.3 Å². The molecular formula is C33H48N10O3. The predicted molar refractivity (Wildman–Crippen MR) is 177 cm³/mol. The SMILES string of the molecule is CCn1cnnc1-c1cccc(N2Cc3c(cc(N4CCC[C@H]4C)nc3CN(C)CCOCCOCCN3CCNCC3)C2=O)n1. The molecule has 248 valence electrons. The number of rotatable bonds is 15. The monoisotopic (exact) mass is 632 g/mol. The van der Waals surface area contributed by atoms with Gasteiger partial charge >= 0.3 is 0 Å². The summed E-state index contributed by atoms with van der Waals surface area (Å²) in [4.78, 5) is 32.7. The number of nitrogens with zero attached hydrogens (tertiary/aromatic N) is 9. The number of ether oxygens (including phenoxy) is 2. The number of pyridine rings is 2. The topological polar surface area (TPSA) is 117 Å². The van der Waals surface area contributed by atoms with E-state index in [1.54, 1.807) is 11.2 Å². The molecule has 13 nitrogen and oxygen atoms in total. The molecule has 3 aromatic heterocycles. The molecule has 0 bridgehead atoms. The molecule has 2 fully saturated rings. The molecular weight excluding hydrogens is 584 g/mol. The molecule has 6 heterocycles. The highest BCUT2D eigenvalue weighted by atomic mass is 16.5. The van der Waals surface area contributed by atoms with Crippen LogP contribution >= 0.6 is 0 Å². The summed E-state index contributed by atoms with van der Waals surface area (Å²) >= 11 is 0. The lowest BCUT2D eigenvalue weighted by atomic mass is 10.1. The van der Waals surface area contributed by atoms with Gasteiger partial charge in [-0.2, -0.15) is 0 Å². The summed E-state index contributed by atoms with van der Waals surface area (Å²) in [5.74, 6) is 2.13. The van der Waals surface area contributed by atoms with Crippen LogP contribution in [0.4, 0.5) is 11.6 Å². The van der Waals surface area contributed by atoms with Crippen LogP contribution in [-0.2, 0) is 29.1 Å². The Labute approximate surface area is 271 Å². The van der Waals surface area contributed by atoms with E-state index in [9.17, 15) is 4.79 Å². The quantitative estimate of drug-likeness (QED) is 0.249. The summed E-state index contributed by atoms with van der Waals surface area (Å²) in [6.07, 6.45) is 3.96. The average Bonchev–Trinajstić information content (AvgIpc) is 3.82. The van der Waals surface area contributed by atoms with E-state index < -0.39 is 0 Å². The zero-order valence-corrected chi connectivity index (χ0v) is 27.5. The van der Waals surface area contributed by atoms with Crippen LogP contribution in [0, 0.1) is 0 Å². The summed E-state index contributed by atoms with van der Waals surface area (Å²) in [6, 6.07) is 8.10. The second kappa shape index (κ2) is 15.4. The summed E-state index contributed by atoms with van der Waals surface area (Å²) in [6.45, 7) is 15.5. The number of aryl methyl sites for hydroxylation is 1. The largest absolute Gasteiger partial charge is 0.378 e. The number of carbonyl (C=O) groups is 1. The number of hydrogen-bond donors (Lipinski definition) is 1. The van der Waals surface area contributed by atoms with E-state index in [2.05, 4.69) is 44.2 Å². The van der Waals surface area contributed by atoms with Crippen molar-refractivity contribution in [1.29, 1.82) is 0 Å². The second-order valence-corrected chi connectivity index (χ2v) is 12.4. The third-order valence-electron chi connectivity index (χ3n) is 9.20. The van der Waals surface area contributed by atoms with Crippen LogP contribution in [0.15, 0.2) is 30.6 Å². The maximum Gasteiger partial charge on any atom is 0.260 e. The predicted octanol–water partition coefficient (Wildman–Crippen LogP) is 2.27. The number of carbonyl (C=O) groups excluding carboxylic acids is 1. The molecule has 0 unspecified atom stereocenters. The number of fused-ring (bicyclic) bond motifs is 1. The van der Waals surface area contributed by atoms with Gasteiger partial charge in [-0.05, 0) is 51.9 Å². The summed E-state index contributed by atoms with van der Waals surface area (Å²) in [5, 5.41) is 11.7. The van der Waals surface area contributed by atoms with E-state index in [0.717, 1.165) is 88.9 Å². The van der Waals surface area contributed by atoms with E-state index in [1.807, 2.05) is 35.8 Å². The molecule has 0 saturated carbocycles. The van der Waals surface area contributed by atoms with Gasteiger partial charge in [-0.25, -0.2) is 9.97 Å². The summed E-state index contributed by atoms with van der Waals surface area (Å²) in [7, 11) is 2.08. The number of piperazine rings is 1. The van der Waals surface area contributed by atoms with Crippen molar-refractivity contribution in [2.24, 2.45) is 0 Å². The first kappa shape index (κ1) is 32.5. The average molecular weight is 633 g/mol. The zero-order chi connectivity index (χ0) is 31.9. The molecule has 13 heteroatoms. The number of amides is 1. The smallest absolute Gasteiger partial charge is 0.260 e. The van der Waals surface area contributed by atoms with Crippen LogP contribution in [0.5, 0.6) is 0 Å². The Morgan fingerprint density at radius 2 is 1.87 bits per heavy atom. The van der Waals surface area contributed by atoms with Gasteiger partial charge in [0.25, 0.3) is 5.91 Å². The third-order valence-corrected chi connectivity index (χ3v) is 9.20. The number of likely N-dealkylation sites (N-methyl/N-ethyl adjacent to an activating group) is 1. The normalized spacial score (nSPS) is 18.7. The Morgan fingerprint density at radius 1 is 1.04 bits per heavy atom. The van der Waals surface area contributed by atoms with Crippen LogP contribution in [0.3, 0.4) is 0 Å². The fourth-order valence-corrected chi connectivity index (χ4v) is 6.48. The van der Waals surface area contributed by atoms with Crippen LogP contribution in [0.25, 0.3) is 11.5 Å². The Kier molecular flexibility index (Phi) is 10.9. The molecule has 3 aromatic rings. The Hall–Kier alpha value is -3.49. The van der Waals surface area contributed by atoms with Crippen LogP contribution < -0.4 is 15.1 Å². The molecule has 3 aliphatic heterocycles. The Morgan fingerprint density at radius 3 is 2.65 bits per heavy atom. The van der Waals surface area contributed by atoms with Crippen molar-refractivity contribution in [3.05, 3.63) is 47.4 Å². The van der Waals surface area contributed by atoms with Gasteiger partial charge in [0.05, 0.1) is 44.2 Å². The van der Waals surface area contributed by atoms with E-state index >= 15 is 0 Å². The second-order valence-electron chi connectivity index (χ2n) is 12.4. The first-order chi connectivity index (χ1) is 22.5. The molecule has 0 radical (unpaired) electrons. The van der Waals surface area contributed by atoms with Gasteiger partial charge in [-0.1, -0.05) is 6.07 Å². The Bertz CT molecular complexity index is 1460. The highest BCUT2D eigenvalue weighted by Gasteiger charge is 2.35. The van der Waals surface area contributed by atoms with Gasteiger partial charge in [0.15, 0.2) is 5.82 Å². The fourth-order valence-electron chi connectivity index (χ4n) is 6.48. The van der Waals surface area contributed by atoms with Gasteiger partial charge in [0.2, 0.25) is 0 Å². The number of anilines is 2. The zero-order valence-electron chi connectivity index (χ0n) is 27.5. The van der Waals surface area contributed by atoms with Crippen molar-refractivity contribution in [1.82, 2.24) is 39.8 Å². The van der Waals surface area contributed by atoms with Gasteiger partial charge in [0, 0.05) is 70.5 Å². The standard InChI is InChI=1S/C33H48N10O3/c1-4-41-24-35-38-32(41)28-8-5-9-30(36-28)43-22-27-26(33(43)44)21-31(42-12-6-7-25(42)2)37-29(27)23-39(3)15-17-45-19-20-46-18-16-40-13-10-34-11-14-40/h5,8-9,21,24-25,34H,4,6-7,10-20,22-23H2,1-3H3/t25-/m1/s1. The molecule has 0 aliphatic carbocycles. The summed E-state index contributed by atoms with van der Waals surface area (Å²) in [5.41, 5.74) is 3.30. The minimum atomic E-state index is -0.0451. The lowest BCUT2D eigenvalue weighted by Crippen LogP contribution is -2.44. The molecule has 2 saturated heterocycles. The Balaban J connectivity index is 1.09. The lowest BCUT2D eigenvalue weighted by Gasteiger charge is -2.26. The summed E-state index contributed by atoms with van der Waals surface area (Å²) < 4.78 is 13.6. The maximum atomic E-state index is 14.0. The van der Waals surface area contributed by atoms with Gasteiger partial charge in [-0.15, -0.1) is 10.2 Å². The van der Waals surface area contributed by atoms with E-state index in [1.165, 1.54) is 0 Å². The van der Waals surface area contributed by atoms with E-state index in [-0.39, 0.29) is 5.91 Å². The fraction of sp³-hybridized carbons (Fsp3) is 0.606. The molecule has 1 amide bonds. The number of nitrogens with one attached hydrogen (secondary N) is 1. The molecule has 1 atom stereocenters. The minimum absolute atomic E-state index is 0.0451. The van der Waals surface area contributed by atoms with Crippen molar-refractivity contribution in [3.8, 4) is 11.5 Å². The first-order valence-corrected chi connectivity index (χ1v) is 16.8. The highest BCUT2D eigenvalue weighted by Crippen LogP contribution is 2.34. The van der Waals surface area contributed by atoms with E-state index in [4.69, 9.17) is 19.4 Å². The van der Waals surface area contributed by atoms with Gasteiger partial charge < -0.3 is 24.3 Å². The maximum absolute atomic E-state index is 14.0. The first-order valence-electron chi connectivity index (χ1n) is 16.8. The molecule has 1 N–H and O–H groups in total. The van der Waals surface area contributed by atoms with Crippen molar-refractivity contribution in [2.75, 3.05) is 89.1 Å². The van der Waals surface area contributed by atoms with Crippen molar-refractivity contribution in [2.45, 2.75) is 52.4 Å². The van der Waals surface area contributed by atoms with Gasteiger partial charge in [0.1, 0.15) is 23.7 Å². The molecule has 0 aromatic carbocycles. The van der Waals surface area contributed by atoms with Crippen LogP contribution in [-0.4, -0.2) is 126 Å². The number of hydrogen-bond acceptors (Lipinski definition) is 11. The minimum Gasteiger partial charge on any atom is -0.378 e. The van der Waals surface area contributed by atoms with Crippen LogP contribution in [0.1, 0.15) is 48.3 Å². The molecule has 0 spiro atoms. The van der Waals surface area contributed by atoms with Crippen molar-refractivity contribution >= 4 is 17.5 Å². The van der Waals surface area contributed by atoms with Crippen LogP contribution in [0.2, 0.25) is 0 Å². The lowest BCUT2D eigenvalue weighted by molar-refractivity contribution is 0.0315. The van der Waals surface area contributed by atoms with E-state index in [0.29, 0.717) is 61.9 Å². The number of aromatic nitrogens is 5. The van der Waals surface area contributed by atoms with Gasteiger partial charge in [-0.3, -0.25) is 19.5 Å². The van der Waals surface area contributed by atoms with Crippen molar-refractivity contribution in [3.63, 3.8) is 0 Å². The molecule has 3 aliphatic rings. The highest BCUT2D eigenvalue weighted by molar-refractivity contribution is 6.10. The third kappa shape index (κ3) is 7.55. The molecule has 46 heavy (non-hydrogen) atoms. The molecule has 6 rings (SSSR count).